The number of amides is 3. The summed E-state index contributed by atoms with van der Waals surface area (Å²) in [4.78, 5) is 50.7. The molecule has 3 amide bonds. The first kappa shape index (κ1) is 20.6. The summed E-state index contributed by atoms with van der Waals surface area (Å²) in [5.41, 5.74) is 3.10. The van der Waals surface area contributed by atoms with E-state index in [0.717, 1.165) is 21.7 Å². The first-order valence-corrected chi connectivity index (χ1v) is 10.0. The predicted octanol–water partition coefficient (Wildman–Crippen LogP) is 1.81. The van der Waals surface area contributed by atoms with Gasteiger partial charge in [-0.05, 0) is 18.2 Å². The van der Waals surface area contributed by atoms with E-state index in [4.69, 9.17) is 17.3 Å². The molecule has 11 heteroatoms. The van der Waals surface area contributed by atoms with Gasteiger partial charge in [0.1, 0.15) is 21.5 Å². The van der Waals surface area contributed by atoms with Crippen molar-refractivity contribution < 1.29 is 29.4 Å². The fraction of sp³-hybridized carbons (Fsp3) is 0.0500. The summed E-state index contributed by atoms with van der Waals surface area (Å²) in [6, 6.07) is 12.3. The van der Waals surface area contributed by atoms with Crippen molar-refractivity contribution in [3.8, 4) is 5.75 Å². The van der Waals surface area contributed by atoms with Crippen LogP contribution in [0.2, 0.25) is 0 Å². The minimum atomic E-state index is -1.24. The van der Waals surface area contributed by atoms with Gasteiger partial charge in [0.05, 0.1) is 16.8 Å². The van der Waals surface area contributed by atoms with E-state index in [-0.39, 0.29) is 31.8 Å². The van der Waals surface area contributed by atoms with Crippen molar-refractivity contribution in [3.05, 3.63) is 70.1 Å². The Labute approximate surface area is 184 Å². The molecule has 2 aliphatic rings. The number of para-hydroxylation sites is 1. The summed E-state index contributed by atoms with van der Waals surface area (Å²) in [6.45, 7) is -0.624. The third-order valence-corrected chi connectivity index (χ3v) is 6.00. The normalized spacial score (nSPS) is 17.9. The molecule has 2 aromatic carbocycles. The van der Waals surface area contributed by atoms with Crippen molar-refractivity contribution in [3.63, 3.8) is 0 Å². The Hall–Kier alpha value is -3.70. The van der Waals surface area contributed by atoms with Gasteiger partial charge in [-0.2, -0.15) is 0 Å². The zero-order chi connectivity index (χ0) is 22.3. The number of hydrazine groups is 1. The molecular weight excluding hydrogens is 442 g/mol. The second-order valence-corrected chi connectivity index (χ2v) is 8.12. The number of carboxylic acid groups (broad SMARTS) is 1. The van der Waals surface area contributed by atoms with Crippen LogP contribution < -0.4 is 5.43 Å². The summed E-state index contributed by atoms with van der Waals surface area (Å²) in [5.74, 6) is -3.55. The smallest absolute Gasteiger partial charge is 0.323 e. The Kier molecular flexibility index (Phi) is 5.21. The van der Waals surface area contributed by atoms with E-state index in [2.05, 4.69) is 5.43 Å². The predicted molar refractivity (Wildman–Crippen MR) is 115 cm³/mol. The van der Waals surface area contributed by atoms with Gasteiger partial charge >= 0.3 is 5.97 Å². The number of phenolic OH excluding ortho intramolecular Hbond substituents is 1. The van der Waals surface area contributed by atoms with Crippen molar-refractivity contribution in [1.29, 1.82) is 0 Å². The van der Waals surface area contributed by atoms with E-state index in [9.17, 15) is 24.3 Å². The van der Waals surface area contributed by atoms with E-state index >= 15 is 0 Å². The maximum atomic E-state index is 13.0. The van der Waals surface area contributed by atoms with Crippen LogP contribution in [0.1, 0.15) is 26.3 Å². The van der Waals surface area contributed by atoms with E-state index in [1.165, 1.54) is 12.1 Å². The molecule has 31 heavy (non-hydrogen) atoms. The van der Waals surface area contributed by atoms with Gasteiger partial charge < -0.3 is 10.2 Å². The fourth-order valence-corrected chi connectivity index (χ4v) is 4.51. The third kappa shape index (κ3) is 3.53. The van der Waals surface area contributed by atoms with Crippen LogP contribution in [0.15, 0.2) is 53.4 Å². The van der Waals surface area contributed by atoms with Crippen molar-refractivity contribution in [2.45, 2.75) is 0 Å². The maximum Gasteiger partial charge on any atom is 0.323 e. The Bertz CT molecular complexity index is 1210. The third-order valence-electron chi connectivity index (χ3n) is 4.56. The van der Waals surface area contributed by atoms with E-state index < -0.39 is 30.2 Å². The first-order valence-electron chi connectivity index (χ1n) is 8.82. The number of fused-ring (bicyclic) bond motifs is 1. The Morgan fingerprint density at radius 2 is 1.65 bits per heavy atom. The molecule has 156 valence electrons. The van der Waals surface area contributed by atoms with E-state index in [1.54, 1.807) is 36.4 Å². The largest absolute Gasteiger partial charge is 0.507 e. The number of aliphatic carboxylic acids is 1. The SMILES string of the molecule is O=C(O)CN1C(=O)C(=C2c3ccccc3C(=O)N2NC(=O)c2ccccc2O)SC1=S. The first-order chi connectivity index (χ1) is 14.8. The van der Waals surface area contributed by atoms with Gasteiger partial charge in [0.15, 0.2) is 0 Å². The fourth-order valence-electron chi connectivity index (χ4n) is 3.19. The average molecular weight is 455 g/mol. The number of nitrogens with zero attached hydrogens (tertiary/aromatic N) is 2. The zero-order valence-corrected chi connectivity index (χ0v) is 17.2. The number of hydrogen-bond acceptors (Lipinski definition) is 7. The molecule has 1 saturated heterocycles. The second-order valence-electron chi connectivity index (χ2n) is 6.47. The van der Waals surface area contributed by atoms with Gasteiger partial charge in [-0.3, -0.25) is 29.5 Å². The molecule has 0 atom stereocenters. The second kappa shape index (κ2) is 7.85. The van der Waals surface area contributed by atoms with E-state index in [0.29, 0.717) is 5.56 Å². The monoisotopic (exact) mass is 455 g/mol. The minimum Gasteiger partial charge on any atom is -0.507 e. The summed E-state index contributed by atoms with van der Waals surface area (Å²) in [5, 5.41) is 19.9. The van der Waals surface area contributed by atoms with Gasteiger partial charge in [0, 0.05) is 5.56 Å². The summed E-state index contributed by atoms with van der Waals surface area (Å²) in [6.07, 6.45) is 0. The number of rotatable bonds is 4. The summed E-state index contributed by atoms with van der Waals surface area (Å²) >= 11 is 5.99. The Morgan fingerprint density at radius 1 is 1.00 bits per heavy atom. The molecule has 0 aliphatic carbocycles. The number of carbonyl (C=O) groups is 4. The van der Waals surface area contributed by atoms with Crippen molar-refractivity contribution in [2.75, 3.05) is 6.54 Å². The van der Waals surface area contributed by atoms with Crippen LogP contribution in [-0.4, -0.2) is 54.7 Å². The highest BCUT2D eigenvalue weighted by atomic mass is 32.2. The number of hydrogen-bond donors (Lipinski definition) is 3. The molecule has 0 saturated carbocycles. The van der Waals surface area contributed by atoms with Gasteiger partial charge in [-0.25, -0.2) is 5.01 Å². The highest BCUT2D eigenvalue weighted by molar-refractivity contribution is 8.26. The van der Waals surface area contributed by atoms with E-state index in [1.807, 2.05) is 0 Å². The average Bonchev–Trinajstić information content (AvgIpc) is 3.16. The molecule has 2 aliphatic heterocycles. The highest BCUT2D eigenvalue weighted by Crippen LogP contribution is 2.42. The van der Waals surface area contributed by atoms with Crippen molar-refractivity contribution >= 4 is 57.7 Å². The highest BCUT2D eigenvalue weighted by Gasteiger charge is 2.43. The number of carboxylic acids is 1. The number of thioether (sulfide) groups is 1. The minimum absolute atomic E-state index is 0.0159. The van der Waals surface area contributed by atoms with Crippen LogP contribution in [0, 0.1) is 0 Å². The van der Waals surface area contributed by atoms with Crippen molar-refractivity contribution in [2.24, 2.45) is 0 Å². The molecule has 9 nitrogen and oxygen atoms in total. The van der Waals surface area contributed by atoms with Gasteiger partial charge in [0.25, 0.3) is 17.7 Å². The van der Waals surface area contributed by atoms with Crippen molar-refractivity contribution in [1.82, 2.24) is 15.3 Å². The summed E-state index contributed by atoms with van der Waals surface area (Å²) < 4.78 is 0.0266. The lowest BCUT2D eigenvalue weighted by molar-refractivity contribution is -0.140. The number of carbonyl (C=O) groups excluding carboxylic acids is 3. The summed E-state index contributed by atoms with van der Waals surface area (Å²) in [7, 11) is 0. The topological polar surface area (TPSA) is 127 Å². The molecule has 0 bridgehead atoms. The number of thiocarbonyl (C=S) groups is 1. The molecule has 0 unspecified atom stereocenters. The molecule has 4 rings (SSSR count). The van der Waals surface area contributed by atoms with Crippen LogP contribution >= 0.6 is 24.0 Å². The quantitative estimate of drug-likeness (QED) is 0.471. The maximum absolute atomic E-state index is 13.0. The van der Waals surface area contributed by atoms with Crippen LogP contribution in [0.3, 0.4) is 0 Å². The molecule has 0 spiro atoms. The van der Waals surface area contributed by atoms with Gasteiger partial charge in [-0.15, -0.1) is 0 Å². The molecule has 2 aromatic rings. The lowest BCUT2D eigenvalue weighted by Gasteiger charge is -2.20. The Balaban J connectivity index is 1.79. The van der Waals surface area contributed by atoms with Crippen LogP contribution in [-0.2, 0) is 9.59 Å². The van der Waals surface area contributed by atoms with Crippen LogP contribution in [0.5, 0.6) is 5.75 Å². The van der Waals surface area contributed by atoms with Gasteiger partial charge in [-0.1, -0.05) is 54.3 Å². The molecular formula is C20H13N3O6S2. The number of benzene rings is 2. The molecule has 3 N–H and O–H groups in total. The molecule has 1 fully saturated rings. The number of phenols is 1. The van der Waals surface area contributed by atoms with Crippen LogP contribution in [0.25, 0.3) is 5.70 Å². The zero-order valence-electron chi connectivity index (χ0n) is 15.6. The van der Waals surface area contributed by atoms with Crippen LogP contribution in [0.4, 0.5) is 0 Å². The lowest BCUT2D eigenvalue weighted by Crippen LogP contribution is -2.42. The van der Waals surface area contributed by atoms with Gasteiger partial charge in [0.2, 0.25) is 0 Å². The standard InChI is InChI=1S/C20H13N3O6S2/c24-13-8-4-3-7-12(13)17(27)21-23-15(10-5-1-2-6-11(10)18(23)28)16-19(29)22(9-14(25)26)20(30)31-16/h1-8,24H,9H2,(H,21,27)(H,25,26). The number of aromatic hydroxyl groups is 1. The lowest BCUT2D eigenvalue weighted by atomic mass is 10.1. The number of nitrogens with one attached hydrogen (secondary N) is 1. The molecule has 0 radical (unpaired) electrons. The molecule has 2 heterocycles. The Morgan fingerprint density at radius 3 is 2.32 bits per heavy atom. The molecule has 0 aromatic heterocycles.